The third-order valence-electron chi connectivity index (χ3n) is 2.87. The van der Waals surface area contributed by atoms with Crippen molar-refractivity contribution in [2.45, 2.75) is 38.6 Å². The van der Waals surface area contributed by atoms with Gasteiger partial charge in [0.05, 0.1) is 0 Å². The smallest absolute Gasteiger partial charge is 0.243 e. The van der Waals surface area contributed by atoms with E-state index in [1.165, 1.54) is 13.0 Å². The maximum atomic E-state index is 13.9. The normalized spacial score (nSPS) is 13.9. The Morgan fingerprint density at radius 1 is 1.28 bits per heavy atom. The Kier molecular flexibility index (Phi) is 4.34. The molecule has 0 fully saturated rings. The molecule has 6 heteroatoms. The summed E-state index contributed by atoms with van der Waals surface area (Å²) in [6, 6.07) is 2.26. The third kappa shape index (κ3) is 3.20. The summed E-state index contributed by atoms with van der Waals surface area (Å²) in [6.45, 7) is 6.98. The van der Waals surface area contributed by atoms with Crippen molar-refractivity contribution < 1.29 is 12.8 Å². The molecule has 0 radical (unpaired) electrons. The van der Waals surface area contributed by atoms with Crippen LogP contribution in [0.15, 0.2) is 17.0 Å². The number of halogens is 1. The lowest BCUT2D eigenvalue weighted by Gasteiger charge is -2.18. The molecule has 18 heavy (non-hydrogen) atoms. The number of hydrogen-bond acceptors (Lipinski definition) is 3. The molecule has 0 aliphatic carbocycles. The van der Waals surface area contributed by atoms with E-state index in [0.717, 1.165) is 6.07 Å². The molecule has 0 aliphatic heterocycles. The van der Waals surface area contributed by atoms with E-state index in [1.807, 2.05) is 13.8 Å². The number of hydrogen-bond donors (Lipinski definition) is 2. The van der Waals surface area contributed by atoms with Crippen LogP contribution in [0, 0.1) is 18.7 Å². The van der Waals surface area contributed by atoms with Crippen LogP contribution in [0.3, 0.4) is 0 Å². The van der Waals surface area contributed by atoms with E-state index in [2.05, 4.69) is 4.72 Å². The van der Waals surface area contributed by atoms with E-state index in [0.29, 0.717) is 0 Å². The molecule has 0 saturated heterocycles. The summed E-state index contributed by atoms with van der Waals surface area (Å²) in [5, 5.41) is 0. The lowest BCUT2D eigenvalue weighted by molar-refractivity contribution is 0.473. The van der Waals surface area contributed by atoms with Crippen LogP contribution in [0.2, 0.25) is 0 Å². The highest BCUT2D eigenvalue weighted by Gasteiger charge is 2.24. The van der Waals surface area contributed by atoms with Crippen LogP contribution < -0.4 is 10.5 Å². The number of nitrogens with two attached hydrogens (primary N) is 1. The average molecular weight is 274 g/mol. The van der Waals surface area contributed by atoms with Crippen molar-refractivity contribution in [3.63, 3.8) is 0 Å². The summed E-state index contributed by atoms with van der Waals surface area (Å²) in [7, 11) is -3.89. The molecule has 1 aromatic carbocycles. The summed E-state index contributed by atoms with van der Waals surface area (Å²) in [5.41, 5.74) is 6.00. The fraction of sp³-hybridized carbons (Fsp3) is 0.500. The first-order valence-electron chi connectivity index (χ1n) is 5.73. The van der Waals surface area contributed by atoms with Gasteiger partial charge in [-0.25, -0.2) is 17.5 Å². The van der Waals surface area contributed by atoms with Crippen LogP contribution in [0.25, 0.3) is 0 Å². The molecule has 0 heterocycles. The van der Waals surface area contributed by atoms with E-state index in [-0.39, 0.29) is 23.2 Å². The van der Waals surface area contributed by atoms with Crippen molar-refractivity contribution in [2.75, 3.05) is 5.73 Å². The molecular weight excluding hydrogens is 255 g/mol. The molecule has 0 saturated carbocycles. The van der Waals surface area contributed by atoms with Crippen LogP contribution in [0.4, 0.5) is 10.1 Å². The zero-order valence-electron chi connectivity index (χ0n) is 11.0. The van der Waals surface area contributed by atoms with Crippen molar-refractivity contribution in [3.8, 4) is 0 Å². The van der Waals surface area contributed by atoms with Crippen molar-refractivity contribution in [2.24, 2.45) is 5.92 Å². The van der Waals surface area contributed by atoms with Gasteiger partial charge >= 0.3 is 0 Å². The van der Waals surface area contributed by atoms with Gasteiger partial charge in [-0.1, -0.05) is 13.8 Å². The van der Waals surface area contributed by atoms with E-state index in [4.69, 9.17) is 5.73 Å². The molecule has 1 atom stereocenters. The molecule has 1 unspecified atom stereocenters. The molecule has 1 aromatic rings. The van der Waals surface area contributed by atoms with E-state index in [1.54, 1.807) is 6.92 Å². The Hall–Kier alpha value is -1.14. The maximum absolute atomic E-state index is 13.9. The Labute approximate surface area is 107 Å². The van der Waals surface area contributed by atoms with Gasteiger partial charge in [-0.05, 0) is 37.5 Å². The van der Waals surface area contributed by atoms with E-state index in [9.17, 15) is 12.8 Å². The molecule has 102 valence electrons. The molecule has 0 amide bonds. The zero-order valence-corrected chi connectivity index (χ0v) is 11.8. The summed E-state index contributed by atoms with van der Waals surface area (Å²) in [6.07, 6.45) is 0. The van der Waals surface area contributed by atoms with Crippen LogP contribution in [-0.4, -0.2) is 14.5 Å². The average Bonchev–Trinajstić information content (AvgIpc) is 2.22. The minimum atomic E-state index is -3.89. The van der Waals surface area contributed by atoms with Gasteiger partial charge in [-0.15, -0.1) is 0 Å². The molecule has 0 aromatic heterocycles. The van der Waals surface area contributed by atoms with Gasteiger partial charge in [0.2, 0.25) is 10.0 Å². The first-order chi connectivity index (χ1) is 8.15. The SMILES string of the molecule is Cc1cc(N)cc(S(=O)(=O)NC(C)C(C)C)c1F. The van der Waals surface area contributed by atoms with Gasteiger partial charge in [-0.2, -0.15) is 0 Å². The van der Waals surface area contributed by atoms with Gasteiger partial charge in [0, 0.05) is 11.7 Å². The van der Waals surface area contributed by atoms with Crippen molar-refractivity contribution in [3.05, 3.63) is 23.5 Å². The second-order valence-electron chi connectivity index (χ2n) is 4.80. The first-order valence-corrected chi connectivity index (χ1v) is 7.21. The molecule has 1 rings (SSSR count). The summed E-state index contributed by atoms with van der Waals surface area (Å²) in [5.74, 6) is -0.641. The number of nitrogens with one attached hydrogen (secondary N) is 1. The number of sulfonamides is 1. The Morgan fingerprint density at radius 3 is 2.33 bits per heavy atom. The van der Waals surface area contributed by atoms with Gasteiger partial charge < -0.3 is 5.73 Å². The standard InChI is InChI=1S/C12H19FN2O2S/c1-7(2)9(4)15-18(16,17)11-6-10(14)5-8(3)12(11)13/h5-7,9,15H,14H2,1-4H3. The molecular formula is C12H19FN2O2S. The second kappa shape index (κ2) is 5.24. The Balaban J connectivity index is 3.21. The van der Waals surface area contributed by atoms with Crippen LogP contribution >= 0.6 is 0 Å². The fourth-order valence-corrected chi connectivity index (χ4v) is 2.98. The molecule has 0 spiro atoms. The lowest BCUT2D eigenvalue weighted by Crippen LogP contribution is -2.36. The highest BCUT2D eigenvalue weighted by molar-refractivity contribution is 7.89. The van der Waals surface area contributed by atoms with Gasteiger partial charge in [0.15, 0.2) is 0 Å². The van der Waals surface area contributed by atoms with Crippen LogP contribution in [-0.2, 0) is 10.0 Å². The first kappa shape index (κ1) is 14.9. The van der Waals surface area contributed by atoms with E-state index < -0.39 is 20.7 Å². The monoisotopic (exact) mass is 274 g/mol. The van der Waals surface area contributed by atoms with Crippen LogP contribution in [0.1, 0.15) is 26.3 Å². The van der Waals surface area contributed by atoms with E-state index >= 15 is 0 Å². The lowest BCUT2D eigenvalue weighted by atomic mass is 10.1. The highest BCUT2D eigenvalue weighted by atomic mass is 32.2. The largest absolute Gasteiger partial charge is 0.399 e. The second-order valence-corrected chi connectivity index (χ2v) is 6.49. The summed E-state index contributed by atoms with van der Waals surface area (Å²) >= 11 is 0. The van der Waals surface area contributed by atoms with Gasteiger partial charge in [0.1, 0.15) is 10.7 Å². The fourth-order valence-electron chi connectivity index (χ4n) is 1.40. The Morgan fingerprint density at radius 2 is 1.83 bits per heavy atom. The quantitative estimate of drug-likeness (QED) is 0.825. The number of nitrogen functional groups attached to an aromatic ring is 1. The summed E-state index contributed by atoms with van der Waals surface area (Å²) in [4.78, 5) is -0.396. The predicted octanol–water partition coefficient (Wildman–Crippen LogP) is 2.04. The number of rotatable bonds is 4. The zero-order chi connectivity index (χ0) is 14.1. The molecule has 4 nitrogen and oxygen atoms in total. The minimum Gasteiger partial charge on any atom is -0.399 e. The van der Waals surface area contributed by atoms with Crippen molar-refractivity contribution >= 4 is 15.7 Å². The van der Waals surface area contributed by atoms with Crippen LogP contribution in [0.5, 0.6) is 0 Å². The topological polar surface area (TPSA) is 72.2 Å². The third-order valence-corrected chi connectivity index (χ3v) is 4.43. The summed E-state index contributed by atoms with van der Waals surface area (Å²) < 4.78 is 40.4. The van der Waals surface area contributed by atoms with Gasteiger partial charge in [0.25, 0.3) is 0 Å². The molecule has 3 N–H and O–H groups in total. The molecule has 0 bridgehead atoms. The minimum absolute atomic E-state index is 0.116. The maximum Gasteiger partial charge on any atom is 0.243 e. The van der Waals surface area contributed by atoms with Crippen molar-refractivity contribution in [1.29, 1.82) is 0 Å². The van der Waals surface area contributed by atoms with Gasteiger partial charge in [-0.3, -0.25) is 0 Å². The highest BCUT2D eigenvalue weighted by Crippen LogP contribution is 2.22. The number of benzene rings is 1. The number of anilines is 1. The molecule has 0 aliphatic rings. The Bertz CT molecular complexity index is 541. The van der Waals surface area contributed by atoms with Crippen molar-refractivity contribution in [1.82, 2.24) is 4.72 Å². The number of aryl methyl sites for hydroxylation is 1. The predicted molar refractivity (Wildman–Crippen MR) is 70.2 cm³/mol.